The lowest BCUT2D eigenvalue weighted by Crippen LogP contribution is -1.97. The molecule has 0 saturated heterocycles. The van der Waals surface area contributed by atoms with Gasteiger partial charge in [0.05, 0.1) is 5.76 Å². The van der Waals surface area contributed by atoms with Gasteiger partial charge in [-0.1, -0.05) is 36.9 Å². The van der Waals surface area contributed by atoms with Crippen molar-refractivity contribution in [2.45, 2.75) is 6.42 Å². The molecular formula is C11H12O2. The monoisotopic (exact) mass is 176 g/mol. The highest BCUT2D eigenvalue weighted by atomic mass is 16.5. The van der Waals surface area contributed by atoms with E-state index in [0.29, 0.717) is 12.2 Å². The maximum Gasteiger partial charge on any atom is 0.157 e. The van der Waals surface area contributed by atoms with Crippen molar-refractivity contribution in [3.63, 3.8) is 0 Å². The molecule has 1 aromatic carbocycles. The van der Waals surface area contributed by atoms with Crippen molar-refractivity contribution in [2.75, 3.05) is 6.61 Å². The second-order valence-corrected chi connectivity index (χ2v) is 2.68. The summed E-state index contributed by atoms with van der Waals surface area (Å²) in [5.74, 6) is 0.623. The smallest absolute Gasteiger partial charge is 0.157 e. The minimum Gasteiger partial charge on any atom is -0.491 e. The van der Waals surface area contributed by atoms with Crippen LogP contribution in [-0.4, -0.2) is 12.9 Å². The maximum atomic E-state index is 10.00. The topological polar surface area (TPSA) is 26.3 Å². The summed E-state index contributed by atoms with van der Waals surface area (Å²) in [6, 6.07) is 9.87. The number of hydrogen-bond donors (Lipinski definition) is 0. The van der Waals surface area contributed by atoms with E-state index >= 15 is 0 Å². The molecule has 2 nitrogen and oxygen atoms in total. The first-order valence-corrected chi connectivity index (χ1v) is 4.11. The first-order valence-electron chi connectivity index (χ1n) is 4.11. The number of allylic oxidation sites excluding steroid dienone is 1. The van der Waals surface area contributed by atoms with Crippen LogP contribution < -0.4 is 0 Å². The zero-order valence-electron chi connectivity index (χ0n) is 7.40. The number of benzene rings is 1. The van der Waals surface area contributed by atoms with E-state index in [0.717, 1.165) is 11.8 Å². The highest BCUT2D eigenvalue weighted by Gasteiger charge is 1.96. The molecule has 0 aromatic heterocycles. The summed E-state index contributed by atoms with van der Waals surface area (Å²) in [5, 5.41) is 0. The number of ether oxygens (including phenoxy) is 1. The van der Waals surface area contributed by atoms with E-state index in [9.17, 15) is 4.79 Å². The lowest BCUT2D eigenvalue weighted by Gasteiger charge is -2.05. The Bertz CT molecular complexity index is 277. The summed E-state index contributed by atoms with van der Waals surface area (Å²) in [5.41, 5.74) is 1.14. The third-order valence-electron chi connectivity index (χ3n) is 1.60. The van der Waals surface area contributed by atoms with E-state index in [1.807, 2.05) is 30.3 Å². The molecule has 0 saturated carbocycles. The van der Waals surface area contributed by atoms with E-state index in [1.54, 1.807) is 0 Å². The van der Waals surface area contributed by atoms with Crippen LogP contribution in [0.3, 0.4) is 0 Å². The Morgan fingerprint density at radius 2 is 2.08 bits per heavy atom. The molecule has 1 rings (SSSR count). The molecule has 0 heterocycles. The van der Waals surface area contributed by atoms with Crippen molar-refractivity contribution in [1.29, 1.82) is 0 Å². The largest absolute Gasteiger partial charge is 0.491 e. The molecule has 1 aromatic rings. The average molecular weight is 176 g/mol. The van der Waals surface area contributed by atoms with Gasteiger partial charge in [-0.15, -0.1) is 0 Å². The number of aldehydes is 1. The van der Waals surface area contributed by atoms with Crippen LogP contribution in [0.1, 0.15) is 5.56 Å². The van der Waals surface area contributed by atoms with Crippen molar-refractivity contribution in [3.05, 3.63) is 48.2 Å². The predicted octanol–water partition coefficient (Wildman–Crippen LogP) is 1.96. The van der Waals surface area contributed by atoms with Gasteiger partial charge in [0.15, 0.2) is 6.29 Å². The highest BCUT2D eigenvalue weighted by molar-refractivity contribution is 5.50. The van der Waals surface area contributed by atoms with Gasteiger partial charge >= 0.3 is 0 Å². The molecule has 0 unspecified atom stereocenters. The molecule has 0 radical (unpaired) electrons. The number of carbonyl (C=O) groups is 1. The highest BCUT2D eigenvalue weighted by Crippen LogP contribution is 2.06. The minimum absolute atomic E-state index is 0.0890. The fraction of sp³-hybridized carbons (Fsp3) is 0.182. The third kappa shape index (κ3) is 3.56. The van der Waals surface area contributed by atoms with E-state index in [-0.39, 0.29) is 6.61 Å². The molecule has 0 N–H and O–H groups in total. The van der Waals surface area contributed by atoms with Crippen molar-refractivity contribution < 1.29 is 9.53 Å². The summed E-state index contributed by atoms with van der Waals surface area (Å²) in [6.07, 6.45) is 1.38. The lowest BCUT2D eigenvalue weighted by atomic mass is 10.1. The summed E-state index contributed by atoms with van der Waals surface area (Å²) in [4.78, 5) is 10.00. The Labute approximate surface area is 77.8 Å². The summed E-state index contributed by atoms with van der Waals surface area (Å²) >= 11 is 0. The zero-order chi connectivity index (χ0) is 9.52. The van der Waals surface area contributed by atoms with Crippen LogP contribution in [0.5, 0.6) is 0 Å². The first kappa shape index (κ1) is 9.52. The number of carbonyl (C=O) groups excluding carboxylic acids is 1. The summed E-state index contributed by atoms with van der Waals surface area (Å²) < 4.78 is 5.03. The third-order valence-corrected chi connectivity index (χ3v) is 1.60. The molecule has 68 valence electrons. The summed E-state index contributed by atoms with van der Waals surface area (Å²) in [7, 11) is 0. The van der Waals surface area contributed by atoms with Gasteiger partial charge in [0, 0.05) is 6.42 Å². The predicted molar refractivity (Wildman–Crippen MR) is 51.3 cm³/mol. The molecule has 0 spiro atoms. The van der Waals surface area contributed by atoms with Crippen molar-refractivity contribution in [2.24, 2.45) is 0 Å². The van der Waals surface area contributed by atoms with Gasteiger partial charge in [-0.25, -0.2) is 0 Å². The van der Waals surface area contributed by atoms with Crippen molar-refractivity contribution >= 4 is 6.29 Å². The van der Waals surface area contributed by atoms with E-state index < -0.39 is 0 Å². The molecule has 0 aliphatic carbocycles. The molecule has 0 aliphatic heterocycles. The van der Waals surface area contributed by atoms with Gasteiger partial charge < -0.3 is 4.74 Å². The molecule has 0 amide bonds. The normalized spacial score (nSPS) is 9.23. The van der Waals surface area contributed by atoms with Gasteiger partial charge in [-0.2, -0.15) is 0 Å². The van der Waals surface area contributed by atoms with Crippen LogP contribution in [-0.2, 0) is 16.0 Å². The molecular weight excluding hydrogens is 164 g/mol. The molecule has 0 aliphatic rings. The van der Waals surface area contributed by atoms with Crippen LogP contribution in [0.4, 0.5) is 0 Å². The minimum atomic E-state index is 0.0890. The van der Waals surface area contributed by atoms with Gasteiger partial charge in [-0.3, -0.25) is 4.79 Å². The first-order chi connectivity index (χ1) is 6.33. The zero-order valence-corrected chi connectivity index (χ0v) is 7.40. The Kier molecular flexibility index (Phi) is 3.76. The Morgan fingerprint density at radius 3 is 2.69 bits per heavy atom. The molecule has 0 fully saturated rings. The van der Waals surface area contributed by atoms with Crippen LogP contribution >= 0.6 is 0 Å². The Hall–Kier alpha value is -1.57. The van der Waals surface area contributed by atoms with Gasteiger partial charge in [-0.05, 0) is 5.56 Å². The van der Waals surface area contributed by atoms with Gasteiger partial charge in [0.2, 0.25) is 0 Å². The quantitative estimate of drug-likeness (QED) is 0.506. The second kappa shape index (κ2) is 5.14. The van der Waals surface area contributed by atoms with Gasteiger partial charge in [0.1, 0.15) is 6.61 Å². The maximum absolute atomic E-state index is 10.00. The van der Waals surface area contributed by atoms with Crippen molar-refractivity contribution in [3.8, 4) is 0 Å². The summed E-state index contributed by atoms with van der Waals surface area (Å²) in [6.45, 7) is 3.80. The molecule has 2 heteroatoms. The number of hydrogen-bond acceptors (Lipinski definition) is 2. The van der Waals surface area contributed by atoms with Crippen LogP contribution in [0.25, 0.3) is 0 Å². The van der Waals surface area contributed by atoms with E-state index in [2.05, 4.69) is 6.58 Å². The fourth-order valence-electron chi connectivity index (χ4n) is 1.03. The van der Waals surface area contributed by atoms with Crippen molar-refractivity contribution in [1.82, 2.24) is 0 Å². The molecule has 0 bridgehead atoms. The number of rotatable bonds is 5. The van der Waals surface area contributed by atoms with Crippen LogP contribution in [0.15, 0.2) is 42.7 Å². The average Bonchev–Trinajstić information content (AvgIpc) is 2.16. The molecule has 13 heavy (non-hydrogen) atoms. The van der Waals surface area contributed by atoms with Crippen LogP contribution in [0, 0.1) is 0 Å². The SMILES string of the molecule is C=C(Cc1ccccc1)OCC=O. The fourth-order valence-corrected chi connectivity index (χ4v) is 1.03. The Balaban J connectivity index is 2.41. The molecule has 0 atom stereocenters. The van der Waals surface area contributed by atoms with E-state index in [4.69, 9.17) is 4.74 Å². The lowest BCUT2D eigenvalue weighted by molar-refractivity contribution is -0.110. The Morgan fingerprint density at radius 1 is 1.38 bits per heavy atom. The second-order valence-electron chi connectivity index (χ2n) is 2.68. The van der Waals surface area contributed by atoms with Gasteiger partial charge in [0.25, 0.3) is 0 Å². The standard InChI is InChI=1S/C11H12O2/c1-10(13-8-7-12)9-11-5-3-2-4-6-11/h2-7H,1,8-9H2. The van der Waals surface area contributed by atoms with Crippen LogP contribution in [0.2, 0.25) is 0 Å². The van der Waals surface area contributed by atoms with E-state index in [1.165, 1.54) is 0 Å².